The van der Waals surface area contributed by atoms with E-state index >= 15 is 0 Å². The topological polar surface area (TPSA) is 47.6 Å². The van der Waals surface area contributed by atoms with Crippen LogP contribution < -0.4 is 10.8 Å². The summed E-state index contributed by atoms with van der Waals surface area (Å²) in [7, 11) is -0.623. The summed E-state index contributed by atoms with van der Waals surface area (Å²) in [6.45, 7) is 13.1. The fourth-order valence-corrected chi connectivity index (χ4v) is 2.07. The predicted molar refractivity (Wildman–Crippen MR) is 90.2 cm³/mol. The lowest BCUT2D eigenvalue weighted by molar-refractivity contribution is -0.123. The molecule has 0 spiro atoms. The van der Waals surface area contributed by atoms with Crippen LogP contribution in [0.3, 0.4) is 0 Å². The summed E-state index contributed by atoms with van der Waals surface area (Å²) >= 11 is 0. The molecule has 0 bridgehead atoms. The first-order valence-corrected chi connectivity index (χ1v) is 7.80. The van der Waals surface area contributed by atoms with Gasteiger partial charge in [-0.05, 0) is 45.3 Å². The Balaban J connectivity index is 2.19. The molecule has 0 atom stereocenters. The van der Waals surface area contributed by atoms with Crippen molar-refractivity contribution in [2.24, 2.45) is 5.41 Å². The average Bonchev–Trinajstić information content (AvgIpc) is 2.59. The fourth-order valence-electron chi connectivity index (χ4n) is 2.07. The molecule has 1 aromatic carbocycles. The maximum absolute atomic E-state index is 14.3. The van der Waals surface area contributed by atoms with E-state index in [4.69, 9.17) is 9.31 Å². The molecule has 1 heterocycles. The van der Waals surface area contributed by atoms with Crippen LogP contribution in [0.15, 0.2) is 18.2 Å². The summed E-state index contributed by atoms with van der Waals surface area (Å²) in [4.78, 5) is 12.0. The van der Waals surface area contributed by atoms with Gasteiger partial charge in [-0.3, -0.25) is 4.79 Å². The van der Waals surface area contributed by atoms with E-state index in [-0.39, 0.29) is 11.6 Å². The third kappa shape index (κ3) is 3.58. The van der Waals surface area contributed by atoms with E-state index in [0.717, 1.165) is 0 Å². The lowest BCUT2D eigenvalue weighted by atomic mass is 9.79. The number of carbonyl (C=O) groups excluding carboxylic acids is 1. The van der Waals surface area contributed by atoms with Gasteiger partial charge in [0.2, 0.25) is 5.91 Å². The van der Waals surface area contributed by atoms with Gasteiger partial charge in [0.25, 0.3) is 0 Å². The van der Waals surface area contributed by atoms with Crippen LogP contribution in [0.1, 0.15) is 48.5 Å². The summed E-state index contributed by atoms with van der Waals surface area (Å²) in [5, 5.41) is 2.60. The predicted octanol–water partition coefficient (Wildman–Crippen LogP) is 3.11. The van der Waals surface area contributed by atoms with Crippen LogP contribution >= 0.6 is 0 Å². The smallest absolute Gasteiger partial charge is 0.399 e. The number of anilines is 1. The number of halogens is 1. The molecule has 4 nitrogen and oxygen atoms in total. The minimum Gasteiger partial charge on any atom is -0.399 e. The molecular weight excluding hydrogens is 296 g/mol. The molecule has 0 aromatic heterocycles. The molecule has 1 amide bonds. The Morgan fingerprint density at radius 1 is 1.13 bits per heavy atom. The van der Waals surface area contributed by atoms with Crippen molar-refractivity contribution in [2.75, 3.05) is 5.32 Å². The van der Waals surface area contributed by atoms with Crippen molar-refractivity contribution < 1.29 is 18.5 Å². The van der Waals surface area contributed by atoms with Gasteiger partial charge >= 0.3 is 7.12 Å². The third-order valence-corrected chi connectivity index (χ3v) is 4.45. The normalized spacial score (nSPS) is 19.7. The van der Waals surface area contributed by atoms with Gasteiger partial charge in [-0.25, -0.2) is 4.39 Å². The van der Waals surface area contributed by atoms with Crippen molar-refractivity contribution in [1.82, 2.24) is 0 Å². The van der Waals surface area contributed by atoms with Crippen LogP contribution in [-0.2, 0) is 14.1 Å². The highest BCUT2D eigenvalue weighted by Crippen LogP contribution is 2.36. The summed E-state index contributed by atoms with van der Waals surface area (Å²) in [5.74, 6) is -0.741. The number of amides is 1. The number of carbonyl (C=O) groups is 1. The van der Waals surface area contributed by atoms with Crippen LogP contribution in [0.4, 0.5) is 10.1 Å². The van der Waals surface area contributed by atoms with Gasteiger partial charge in [0, 0.05) is 5.41 Å². The molecule has 1 aliphatic heterocycles. The molecule has 23 heavy (non-hydrogen) atoms. The zero-order valence-corrected chi connectivity index (χ0v) is 14.9. The van der Waals surface area contributed by atoms with Crippen molar-refractivity contribution in [3.63, 3.8) is 0 Å². The van der Waals surface area contributed by atoms with Gasteiger partial charge in [0.15, 0.2) is 0 Å². The van der Waals surface area contributed by atoms with Gasteiger partial charge in [0.05, 0.1) is 16.9 Å². The first-order valence-electron chi connectivity index (χ1n) is 7.80. The molecule has 126 valence electrons. The van der Waals surface area contributed by atoms with Crippen molar-refractivity contribution >= 4 is 24.2 Å². The molecule has 1 aliphatic rings. The maximum atomic E-state index is 14.3. The van der Waals surface area contributed by atoms with Gasteiger partial charge in [0.1, 0.15) is 5.82 Å². The van der Waals surface area contributed by atoms with Gasteiger partial charge < -0.3 is 14.6 Å². The Hall–Kier alpha value is -1.40. The van der Waals surface area contributed by atoms with Crippen LogP contribution in [0.2, 0.25) is 0 Å². The minimum absolute atomic E-state index is 0.158. The van der Waals surface area contributed by atoms with Crippen LogP contribution in [0.5, 0.6) is 0 Å². The van der Waals surface area contributed by atoms with E-state index in [9.17, 15) is 9.18 Å². The van der Waals surface area contributed by atoms with Crippen LogP contribution in [0.25, 0.3) is 0 Å². The Labute approximate surface area is 137 Å². The molecule has 1 aromatic rings. The summed E-state index contributed by atoms with van der Waals surface area (Å²) in [6, 6.07) is 4.60. The highest BCUT2D eigenvalue weighted by atomic mass is 19.1. The van der Waals surface area contributed by atoms with E-state index in [1.165, 1.54) is 6.07 Å². The number of benzene rings is 1. The lowest BCUT2D eigenvalue weighted by Crippen LogP contribution is -2.41. The molecule has 0 radical (unpaired) electrons. The van der Waals surface area contributed by atoms with E-state index in [1.54, 1.807) is 32.9 Å². The fraction of sp³-hybridized carbons (Fsp3) is 0.588. The molecule has 0 unspecified atom stereocenters. The second-order valence-electron chi connectivity index (χ2n) is 8.03. The summed E-state index contributed by atoms with van der Waals surface area (Å²) in [6.07, 6.45) is 0. The number of nitrogens with one attached hydrogen (secondary N) is 1. The molecular formula is C17H25BFNO3. The van der Waals surface area contributed by atoms with Crippen LogP contribution in [0, 0.1) is 11.2 Å². The Kier molecular flexibility index (Phi) is 4.37. The van der Waals surface area contributed by atoms with Crippen molar-refractivity contribution in [3.05, 3.63) is 24.0 Å². The maximum Gasteiger partial charge on any atom is 0.494 e. The SMILES string of the molecule is CC(C)(C)C(=O)Nc1ccc(B2OC(C)(C)C(C)(C)O2)cc1F. The van der Waals surface area contributed by atoms with Gasteiger partial charge in [-0.1, -0.05) is 26.8 Å². The number of hydrogen-bond donors (Lipinski definition) is 1. The quantitative estimate of drug-likeness (QED) is 0.852. The number of hydrogen-bond acceptors (Lipinski definition) is 3. The third-order valence-electron chi connectivity index (χ3n) is 4.45. The Morgan fingerprint density at radius 3 is 2.09 bits per heavy atom. The van der Waals surface area contributed by atoms with Gasteiger partial charge in [-0.15, -0.1) is 0 Å². The molecule has 1 fully saturated rings. The van der Waals surface area contributed by atoms with Crippen molar-refractivity contribution in [3.8, 4) is 0 Å². The second-order valence-corrected chi connectivity index (χ2v) is 8.03. The Morgan fingerprint density at radius 2 is 1.65 bits per heavy atom. The second kappa shape index (κ2) is 5.60. The summed E-state index contributed by atoms with van der Waals surface area (Å²) < 4.78 is 26.1. The number of rotatable bonds is 2. The highest BCUT2D eigenvalue weighted by Gasteiger charge is 2.51. The largest absolute Gasteiger partial charge is 0.494 e. The molecule has 0 saturated carbocycles. The summed E-state index contributed by atoms with van der Waals surface area (Å²) in [5.41, 5.74) is -0.794. The highest BCUT2D eigenvalue weighted by molar-refractivity contribution is 6.62. The standard InChI is InChI=1S/C17H25BFNO3/c1-15(2,3)14(21)20-13-9-8-11(10-12(13)19)18-22-16(4,5)17(6,7)23-18/h8-10H,1-7H3,(H,20,21). The molecule has 1 N–H and O–H groups in total. The monoisotopic (exact) mass is 321 g/mol. The first kappa shape index (κ1) is 18.0. The van der Waals surface area contributed by atoms with E-state index < -0.39 is 29.6 Å². The molecule has 6 heteroatoms. The minimum atomic E-state index is -0.623. The Bertz CT molecular complexity index is 607. The molecule has 1 saturated heterocycles. The van der Waals surface area contributed by atoms with Crippen molar-refractivity contribution in [1.29, 1.82) is 0 Å². The van der Waals surface area contributed by atoms with E-state index in [1.807, 2.05) is 27.7 Å². The average molecular weight is 321 g/mol. The molecule has 2 rings (SSSR count). The zero-order valence-electron chi connectivity index (χ0n) is 14.9. The van der Waals surface area contributed by atoms with Crippen LogP contribution in [-0.4, -0.2) is 24.2 Å². The van der Waals surface area contributed by atoms with E-state index in [0.29, 0.717) is 5.46 Å². The van der Waals surface area contributed by atoms with Gasteiger partial charge in [-0.2, -0.15) is 0 Å². The molecule has 0 aliphatic carbocycles. The zero-order chi connectivity index (χ0) is 17.6. The first-order chi connectivity index (χ1) is 10.3. The van der Waals surface area contributed by atoms with E-state index in [2.05, 4.69) is 5.32 Å². The lowest BCUT2D eigenvalue weighted by Gasteiger charge is -2.32. The van der Waals surface area contributed by atoms with Crippen molar-refractivity contribution in [2.45, 2.75) is 59.7 Å².